The molecule has 1 aliphatic rings. The number of aryl methyl sites for hydroxylation is 2. The minimum Gasteiger partial charge on any atom is -0.324 e. The lowest BCUT2D eigenvalue weighted by Crippen LogP contribution is -2.25. The Morgan fingerprint density at radius 2 is 1.10 bits per heavy atom. The van der Waals surface area contributed by atoms with Gasteiger partial charge in [0.15, 0.2) is 0 Å². The monoisotopic (exact) mass is 423 g/mol. The Labute approximate surface area is 186 Å². The predicted octanol–water partition coefficient (Wildman–Crippen LogP) is 3.57. The Morgan fingerprint density at radius 1 is 0.710 bits per heavy atom. The molecule has 0 aromatic heterocycles. The molecule has 8 N–H and O–H groups in total. The number of hydrogen-bond donors (Lipinski definition) is 4. The molecule has 0 aliphatic carbocycles. The molecule has 0 bridgehead atoms. The summed E-state index contributed by atoms with van der Waals surface area (Å²) in [5.41, 5.74) is 34.6. The molecule has 0 amide bonds. The number of rotatable bonds is 6. The van der Waals surface area contributed by atoms with Crippen LogP contribution in [0.2, 0.25) is 0 Å². The van der Waals surface area contributed by atoms with E-state index in [-0.39, 0.29) is 24.2 Å². The lowest BCUT2D eigenvalue weighted by atomic mass is 9.95. The average molecular weight is 424 g/mol. The second-order valence-corrected chi connectivity index (χ2v) is 9.24. The molecule has 2 aromatic carbocycles. The van der Waals surface area contributed by atoms with Gasteiger partial charge in [-0.3, -0.25) is 0 Å². The SMILES string of the molecule is Cc1cc([C@H](C)N)c(N2C=[N+](c3c([C@H](C)N)cc(C)cc3[C@H](C)N)CC2)c([C@H](C)N)c1. The van der Waals surface area contributed by atoms with Gasteiger partial charge in [-0.25, -0.2) is 9.48 Å². The summed E-state index contributed by atoms with van der Waals surface area (Å²) in [5.74, 6) is 0. The van der Waals surface area contributed by atoms with E-state index in [9.17, 15) is 0 Å². The van der Waals surface area contributed by atoms with Crippen LogP contribution in [0.4, 0.5) is 11.4 Å². The van der Waals surface area contributed by atoms with Crippen LogP contribution >= 0.6 is 0 Å². The van der Waals surface area contributed by atoms with Crippen molar-refractivity contribution in [1.82, 2.24) is 0 Å². The maximum atomic E-state index is 6.38. The molecule has 6 nitrogen and oxygen atoms in total. The first-order valence-corrected chi connectivity index (χ1v) is 11.2. The normalized spacial score (nSPS) is 18.0. The molecular formula is C25H39N6+. The fourth-order valence-electron chi connectivity index (χ4n) is 4.56. The van der Waals surface area contributed by atoms with Crippen molar-refractivity contribution >= 4 is 17.7 Å². The minimum atomic E-state index is -0.0894. The van der Waals surface area contributed by atoms with E-state index in [2.05, 4.69) is 53.9 Å². The predicted molar refractivity (Wildman–Crippen MR) is 131 cm³/mol. The van der Waals surface area contributed by atoms with Gasteiger partial charge in [-0.2, -0.15) is 0 Å². The lowest BCUT2D eigenvalue weighted by molar-refractivity contribution is -0.425. The molecule has 0 saturated carbocycles. The number of benzene rings is 2. The maximum Gasteiger partial charge on any atom is 0.244 e. The summed E-state index contributed by atoms with van der Waals surface area (Å²) in [4.78, 5) is 2.28. The highest BCUT2D eigenvalue weighted by Gasteiger charge is 2.32. The van der Waals surface area contributed by atoms with E-state index in [0.717, 1.165) is 46.7 Å². The van der Waals surface area contributed by atoms with Gasteiger partial charge in [0.05, 0.1) is 0 Å². The van der Waals surface area contributed by atoms with Crippen molar-refractivity contribution in [2.24, 2.45) is 22.9 Å². The van der Waals surface area contributed by atoms with Crippen molar-refractivity contribution in [2.45, 2.75) is 65.7 Å². The summed E-state index contributed by atoms with van der Waals surface area (Å²) in [6.45, 7) is 14.0. The molecule has 0 saturated heterocycles. The van der Waals surface area contributed by atoms with Crippen molar-refractivity contribution in [1.29, 1.82) is 0 Å². The van der Waals surface area contributed by atoms with E-state index >= 15 is 0 Å². The summed E-state index contributed by atoms with van der Waals surface area (Å²) in [5, 5.41) is 0. The van der Waals surface area contributed by atoms with Crippen molar-refractivity contribution < 1.29 is 4.58 Å². The second kappa shape index (κ2) is 9.09. The summed E-state index contributed by atoms with van der Waals surface area (Å²) in [6, 6.07) is 8.34. The molecule has 0 radical (unpaired) electrons. The minimum absolute atomic E-state index is 0.0894. The first-order chi connectivity index (χ1) is 14.5. The summed E-state index contributed by atoms with van der Waals surface area (Å²) >= 11 is 0. The van der Waals surface area contributed by atoms with Gasteiger partial charge in [-0.15, -0.1) is 0 Å². The highest BCUT2D eigenvalue weighted by Crippen LogP contribution is 2.37. The topological polar surface area (TPSA) is 110 Å². The van der Waals surface area contributed by atoms with Crippen molar-refractivity contribution in [3.8, 4) is 0 Å². The zero-order chi connectivity index (χ0) is 23.0. The Morgan fingerprint density at radius 3 is 1.48 bits per heavy atom. The van der Waals surface area contributed by atoms with Crippen LogP contribution in [0.25, 0.3) is 0 Å². The van der Waals surface area contributed by atoms with Crippen LogP contribution < -0.4 is 27.8 Å². The standard InChI is InChI=1S/C25H39N6/c1-14-9-20(16(3)26)24(21(10-14)17(4)27)30-7-8-31(13-30)25-22(18(5)28)11-15(2)12-23(25)19(6)29/h9-13,16-19H,7-8,26-29H2,1-6H3/q+1/t16-,17-,18-,19-/m0/s1. The third-order valence-corrected chi connectivity index (χ3v) is 6.02. The number of hydrogen-bond acceptors (Lipinski definition) is 5. The second-order valence-electron chi connectivity index (χ2n) is 9.24. The highest BCUT2D eigenvalue weighted by molar-refractivity contribution is 5.83. The molecule has 1 aliphatic heterocycles. The molecule has 0 spiro atoms. The smallest absolute Gasteiger partial charge is 0.244 e. The lowest BCUT2D eigenvalue weighted by Gasteiger charge is -2.22. The number of anilines is 1. The molecule has 4 atom stereocenters. The van der Waals surface area contributed by atoms with Gasteiger partial charge in [-0.05, 0) is 41.5 Å². The average Bonchev–Trinajstić information content (AvgIpc) is 3.15. The van der Waals surface area contributed by atoms with Crippen LogP contribution in [0, 0.1) is 13.8 Å². The molecule has 0 fully saturated rings. The van der Waals surface area contributed by atoms with Gasteiger partial charge < -0.3 is 22.9 Å². The zero-order valence-corrected chi connectivity index (χ0v) is 19.8. The summed E-state index contributed by atoms with van der Waals surface area (Å²) in [7, 11) is 0. The largest absolute Gasteiger partial charge is 0.324 e. The molecule has 0 unspecified atom stereocenters. The number of nitrogens with zero attached hydrogens (tertiary/aromatic N) is 2. The third kappa shape index (κ3) is 4.67. The Kier molecular flexibility index (Phi) is 6.86. The molecule has 31 heavy (non-hydrogen) atoms. The van der Waals surface area contributed by atoms with Crippen LogP contribution in [-0.2, 0) is 0 Å². The Hall–Kier alpha value is -2.25. The van der Waals surface area contributed by atoms with Crippen LogP contribution in [0.3, 0.4) is 0 Å². The van der Waals surface area contributed by atoms with Gasteiger partial charge in [0.25, 0.3) is 0 Å². The van der Waals surface area contributed by atoms with Gasteiger partial charge in [0.2, 0.25) is 6.34 Å². The van der Waals surface area contributed by atoms with Crippen molar-refractivity contribution in [3.05, 3.63) is 57.6 Å². The summed E-state index contributed by atoms with van der Waals surface area (Å²) < 4.78 is 2.28. The van der Waals surface area contributed by atoms with E-state index in [0.29, 0.717) is 0 Å². The Bertz CT molecular complexity index is 929. The number of nitrogens with two attached hydrogens (primary N) is 4. The fourth-order valence-corrected chi connectivity index (χ4v) is 4.56. The van der Waals surface area contributed by atoms with Crippen LogP contribution in [0.15, 0.2) is 24.3 Å². The van der Waals surface area contributed by atoms with E-state index in [4.69, 9.17) is 22.9 Å². The van der Waals surface area contributed by atoms with Crippen molar-refractivity contribution in [3.63, 3.8) is 0 Å². The highest BCUT2D eigenvalue weighted by atomic mass is 15.3. The maximum absolute atomic E-state index is 6.38. The molecular weight excluding hydrogens is 384 g/mol. The van der Waals surface area contributed by atoms with E-state index in [1.54, 1.807) is 0 Å². The Balaban J connectivity index is 2.20. The van der Waals surface area contributed by atoms with E-state index in [1.807, 2.05) is 27.7 Å². The summed E-state index contributed by atoms with van der Waals surface area (Å²) in [6.07, 6.45) is 2.17. The first kappa shape index (κ1) is 23.4. The molecule has 2 aromatic rings. The molecule has 168 valence electrons. The van der Waals surface area contributed by atoms with Gasteiger partial charge in [0.1, 0.15) is 24.5 Å². The molecule has 6 heteroatoms. The molecule has 3 rings (SSSR count). The van der Waals surface area contributed by atoms with Gasteiger partial charge in [0, 0.05) is 46.4 Å². The van der Waals surface area contributed by atoms with E-state index in [1.165, 1.54) is 11.1 Å². The van der Waals surface area contributed by atoms with Gasteiger partial charge in [-0.1, -0.05) is 35.4 Å². The molecule has 1 heterocycles. The zero-order valence-electron chi connectivity index (χ0n) is 19.8. The van der Waals surface area contributed by atoms with Gasteiger partial charge >= 0.3 is 0 Å². The first-order valence-electron chi connectivity index (χ1n) is 11.2. The van der Waals surface area contributed by atoms with Crippen molar-refractivity contribution in [2.75, 3.05) is 18.0 Å². The van der Waals surface area contributed by atoms with Crippen LogP contribution in [0.5, 0.6) is 0 Å². The van der Waals surface area contributed by atoms with E-state index < -0.39 is 0 Å². The quantitative estimate of drug-likeness (QED) is 0.531. The third-order valence-electron chi connectivity index (χ3n) is 6.02. The fraction of sp³-hybridized carbons (Fsp3) is 0.480. The van der Waals surface area contributed by atoms with Crippen LogP contribution in [0.1, 0.15) is 85.2 Å². The van der Waals surface area contributed by atoms with Crippen LogP contribution in [-0.4, -0.2) is 24.0 Å².